The average Bonchev–Trinajstić information content (AvgIpc) is 2.14. The fourth-order valence-corrected chi connectivity index (χ4v) is 2.05. The van der Waals surface area contributed by atoms with Gasteiger partial charge in [0.15, 0.2) is 0 Å². The molecule has 104 valence electrons. The summed E-state index contributed by atoms with van der Waals surface area (Å²) in [7, 11) is -4.63. The highest BCUT2D eigenvalue weighted by molar-refractivity contribution is 7.45. The number of phosphoric ester groups is 1. The lowest BCUT2D eigenvalue weighted by Crippen LogP contribution is -2.23. The first-order valence-electron chi connectivity index (χ1n) is 5.41. The van der Waals surface area contributed by atoms with Crippen molar-refractivity contribution < 1.29 is 31.7 Å². The van der Waals surface area contributed by atoms with Crippen LogP contribution in [0.15, 0.2) is 0 Å². The Hall–Kier alpha value is -0.100. The maximum Gasteiger partial charge on any atom is 0.391 e. The van der Waals surface area contributed by atoms with Crippen molar-refractivity contribution in [1.82, 2.24) is 0 Å². The maximum atomic E-state index is 12.1. The van der Waals surface area contributed by atoms with E-state index in [1.165, 1.54) is 6.92 Å². The molecule has 0 radical (unpaired) electrons. The van der Waals surface area contributed by atoms with E-state index in [2.05, 4.69) is 9.05 Å². The Kier molecular flexibility index (Phi) is 7.32. The molecule has 0 aromatic carbocycles. The van der Waals surface area contributed by atoms with Crippen LogP contribution in [0.3, 0.4) is 0 Å². The number of phosphoric acid groups is 1. The predicted octanol–water partition coefficient (Wildman–Crippen LogP) is 3.02. The van der Waals surface area contributed by atoms with Gasteiger partial charge < -0.3 is 13.9 Å². The van der Waals surface area contributed by atoms with E-state index in [0.29, 0.717) is 6.42 Å². The molecule has 0 amide bonds. The summed E-state index contributed by atoms with van der Waals surface area (Å²) in [5.74, 6) is 0. The fraction of sp³-hybridized carbons (Fsp3) is 1.00. The van der Waals surface area contributed by atoms with Crippen molar-refractivity contribution in [3.8, 4) is 0 Å². The van der Waals surface area contributed by atoms with E-state index in [-0.39, 0.29) is 13.0 Å². The number of halogens is 3. The minimum atomic E-state index is -4.63. The third-order valence-corrected chi connectivity index (χ3v) is 3.00. The third-order valence-electron chi connectivity index (χ3n) is 1.94. The van der Waals surface area contributed by atoms with Crippen LogP contribution in [0.2, 0.25) is 0 Å². The topological polar surface area (TPSA) is 58.6 Å². The second kappa shape index (κ2) is 7.36. The summed E-state index contributed by atoms with van der Waals surface area (Å²) in [4.78, 5) is 11.2. The van der Waals surface area contributed by atoms with E-state index in [4.69, 9.17) is 0 Å². The number of unbranched alkanes of at least 4 members (excludes halogenated alkanes) is 1. The van der Waals surface area contributed by atoms with Crippen LogP contribution in [0.5, 0.6) is 0 Å². The van der Waals surface area contributed by atoms with E-state index in [0.717, 1.165) is 6.42 Å². The van der Waals surface area contributed by atoms with Crippen LogP contribution >= 0.6 is 7.82 Å². The highest BCUT2D eigenvalue weighted by Crippen LogP contribution is 2.42. The largest absolute Gasteiger partial charge is 0.756 e. The van der Waals surface area contributed by atoms with E-state index in [9.17, 15) is 22.6 Å². The molecule has 0 aliphatic rings. The van der Waals surface area contributed by atoms with Gasteiger partial charge in [-0.1, -0.05) is 20.3 Å². The van der Waals surface area contributed by atoms with Gasteiger partial charge in [0, 0.05) is 0 Å². The Morgan fingerprint density at radius 1 is 1.35 bits per heavy atom. The lowest BCUT2D eigenvalue weighted by Gasteiger charge is -2.28. The highest BCUT2D eigenvalue weighted by atomic mass is 31.2. The molecule has 0 saturated carbocycles. The number of hydrogen-bond donors (Lipinski definition) is 0. The van der Waals surface area contributed by atoms with Gasteiger partial charge in [0.2, 0.25) is 0 Å². The molecule has 4 nitrogen and oxygen atoms in total. The van der Waals surface area contributed by atoms with Gasteiger partial charge in [-0.25, -0.2) is 0 Å². The smallest absolute Gasteiger partial charge is 0.391 e. The standard InChI is InChI=1S/C9H18F3O4P/c1-3-5-6-15-17(13,14)16-8(4-2)7-9(10,11)12/h8H,3-7H2,1-2H3,(H,13,14)/p-1. The molecule has 0 heterocycles. The molecule has 2 unspecified atom stereocenters. The normalized spacial score (nSPS) is 17.8. The lowest BCUT2D eigenvalue weighted by molar-refractivity contribution is -0.234. The average molecular weight is 277 g/mol. The van der Waals surface area contributed by atoms with Crippen LogP contribution < -0.4 is 4.89 Å². The summed E-state index contributed by atoms with van der Waals surface area (Å²) >= 11 is 0. The van der Waals surface area contributed by atoms with Gasteiger partial charge in [-0.15, -0.1) is 0 Å². The van der Waals surface area contributed by atoms with Crippen LogP contribution in [-0.4, -0.2) is 18.9 Å². The Morgan fingerprint density at radius 3 is 2.35 bits per heavy atom. The number of alkyl halides is 3. The molecule has 0 aliphatic carbocycles. The van der Waals surface area contributed by atoms with Crippen molar-refractivity contribution in [2.75, 3.05) is 6.61 Å². The van der Waals surface area contributed by atoms with Gasteiger partial charge in [-0.2, -0.15) is 13.2 Å². The first kappa shape index (κ1) is 16.9. The van der Waals surface area contributed by atoms with Gasteiger partial charge in [0.25, 0.3) is 7.82 Å². The van der Waals surface area contributed by atoms with E-state index < -0.39 is 26.5 Å². The predicted molar refractivity (Wildman–Crippen MR) is 54.3 cm³/mol. The first-order chi connectivity index (χ1) is 7.70. The minimum Gasteiger partial charge on any atom is -0.756 e. The van der Waals surface area contributed by atoms with Crippen LogP contribution in [0.25, 0.3) is 0 Å². The molecule has 0 N–H and O–H groups in total. The zero-order valence-corrected chi connectivity index (χ0v) is 10.7. The molecule has 0 aromatic heterocycles. The molecule has 0 fully saturated rings. The molecule has 0 aliphatic heterocycles. The SMILES string of the molecule is CCCCOP(=O)([O-])OC(CC)CC(F)(F)F. The van der Waals surface area contributed by atoms with E-state index >= 15 is 0 Å². The molecule has 8 heteroatoms. The fourth-order valence-electron chi connectivity index (χ4n) is 1.05. The zero-order chi connectivity index (χ0) is 13.5. The van der Waals surface area contributed by atoms with Crippen LogP contribution in [0.1, 0.15) is 39.5 Å². The summed E-state index contributed by atoms with van der Waals surface area (Å²) < 4.78 is 56.2. The van der Waals surface area contributed by atoms with Crippen LogP contribution in [0, 0.1) is 0 Å². The Balaban J connectivity index is 4.20. The summed E-state index contributed by atoms with van der Waals surface area (Å²) in [5, 5.41) is 0. The Bertz CT molecular complexity index is 257. The number of hydrogen-bond acceptors (Lipinski definition) is 4. The quantitative estimate of drug-likeness (QED) is 0.505. The van der Waals surface area contributed by atoms with Crippen LogP contribution in [0.4, 0.5) is 13.2 Å². The molecular weight excluding hydrogens is 260 g/mol. The second-order valence-electron chi connectivity index (χ2n) is 3.59. The summed E-state index contributed by atoms with van der Waals surface area (Å²) in [5.41, 5.74) is 0. The Labute approximate surface area is 98.7 Å². The Morgan fingerprint density at radius 2 is 1.94 bits per heavy atom. The molecule has 2 atom stereocenters. The summed E-state index contributed by atoms with van der Waals surface area (Å²) in [6.45, 7) is 3.18. The summed E-state index contributed by atoms with van der Waals surface area (Å²) in [6.07, 6.45) is -5.99. The second-order valence-corrected chi connectivity index (χ2v) is 4.95. The van der Waals surface area contributed by atoms with Gasteiger partial charge in [0.1, 0.15) is 0 Å². The molecule has 0 saturated heterocycles. The van der Waals surface area contributed by atoms with Crippen molar-refractivity contribution in [3.05, 3.63) is 0 Å². The van der Waals surface area contributed by atoms with Gasteiger partial charge in [-0.3, -0.25) is 4.57 Å². The third kappa shape index (κ3) is 9.59. The van der Waals surface area contributed by atoms with Crippen molar-refractivity contribution in [3.63, 3.8) is 0 Å². The monoisotopic (exact) mass is 277 g/mol. The minimum absolute atomic E-state index is 0.0527. The molecule has 0 rings (SSSR count). The van der Waals surface area contributed by atoms with Crippen LogP contribution in [-0.2, 0) is 13.6 Å². The van der Waals surface area contributed by atoms with E-state index in [1.807, 2.05) is 6.92 Å². The number of rotatable bonds is 8. The van der Waals surface area contributed by atoms with Gasteiger partial charge in [0.05, 0.1) is 19.1 Å². The van der Waals surface area contributed by atoms with Gasteiger partial charge in [-0.05, 0) is 12.8 Å². The molecule has 17 heavy (non-hydrogen) atoms. The molecular formula is C9H17F3O4P-. The molecule has 0 bridgehead atoms. The van der Waals surface area contributed by atoms with Gasteiger partial charge >= 0.3 is 6.18 Å². The summed E-state index contributed by atoms with van der Waals surface area (Å²) in [6, 6.07) is 0. The highest BCUT2D eigenvalue weighted by Gasteiger charge is 2.33. The zero-order valence-electron chi connectivity index (χ0n) is 9.83. The molecule has 0 spiro atoms. The van der Waals surface area contributed by atoms with Crippen molar-refractivity contribution in [2.24, 2.45) is 0 Å². The first-order valence-corrected chi connectivity index (χ1v) is 6.87. The van der Waals surface area contributed by atoms with Crippen molar-refractivity contribution in [2.45, 2.75) is 51.8 Å². The maximum absolute atomic E-state index is 12.1. The van der Waals surface area contributed by atoms with Crippen molar-refractivity contribution in [1.29, 1.82) is 0 Å². The van der Waals surface area contributed by atoms with Crippen molar-refractivity contribution >= 4 is 7.82 Å². The lowest BCUT2D eigenvalue weighted by atomic mass is 10.2. The molecule has 0 aromatic rings. The van der Waals surface area contributed by atoms with E-state index in [1.54, 1.807) is 0 Å².